The molecule has 0 radical (unpaired) electrons. The van der Waals surface area contributed by atoms with Gasteiger partial charge in [0.25, 0.3) is 0 Å². The first-order valence-corrected chi connectivity index (χ1v) is 6.88. The summed E-state index contributed by atoms with van der Waals surface area (Å²) < 4.78 is 16.9. The lowest BCUT2D eigenvalue weighted by atomic mass is 10.2. The molecule has 1 heterocycles. The third kappa shape index (κ3) is 2.78. The van der Waals surface area contributed by atoms with Crippen molar-refractivity contribution in [2.24, 2.45) is 0 Å². The van der Waals surface area contributed by atoms with Crippen LogP contribution in [0.1, 0.15) is 5.56 Å². The van der Waals surface area contributed by atoms with Crippen molar-refractivity contribution in [3.05, 3.63) is 56.5 Å². The molecule has 3 rings (SSSR count). The van der Waals surface area contributed by atoms with Gasteiger partial charge in [0.05, 0.1) is 4.92 Å². The molecule has 0 amide bonds. The van der Waals surface area contributed by atoms with Gasteiger partial charge in [-0.1, -0.05) is 28.1 Å². The Morgan fingerprint density at radius 1 is 1.24 bits per heavy atom. The van der Waals surface area contributed by atoms with Gasteiger partial charge in [0.2, 0.25) is 6.79 Å². The molecule has 0 aliphatic carbocycles. The van der Waals surface area contributed by atoms with Crippen LogP contribution < -0.4 is 14.2 Å². The Bertz CT molecular complexity index is 704. The summed E-state index contributed by atoms with van der Waals surface area (Å²) in [6, 6.07) is 9.85. The van der Waals surface area contributed by atoms with Crippen LogP contribution in [0.15, 0.2) is 40.9 Å². The van der Waals surface area contributed by atoms with Crippen LogP contribution in [0.2, 0.25) is 0 Å². The largest absolute Gasteiger partial charge is 0.482 e. The maximum absolute atomic E-state index is 10.9. The molecule has 2 aromatic rings. The fourth-order valence-corrected chi connectivity index (χ4v) is 2.39. The Morgan fingerprint density at radius 3 is 2.71 bits per heavy atom. The van der Waals surface area contributed by atoms with E-state index >= 15 is 0 Å². The van der Waals surface area contributed by atoms with Crippen molar-refractivity contribution in [2.45, 2.75) is 6.61 Å². The lowest BCUT2D eigenvalue weighted by molar-refractivity contribution is -0.385. The van der Waals surface area contributed by atoms with Crippen molar-refractivity contribution in [1.82, 2.24) is 0 Å². The zero-order valence-corrected chi connectivity index (χ0v) is 12.3. The number of nitro groups is 1. The summed E-state index contributed by atoms with van der Waals surface area (Å²) in [7, 11) is 0. The number of benzene rings is 2. The van der Waals surface area contributed by atoms with Crippen LogP contribution >= 0.6 is 15.9 Å². The van der Waals surface area contributed by atoms with E-state index in [9.17, 15) is 10.1 Å². The number of hydrogen-bond donors (Lipinski definition) is 0. The molecular weight excluding hydrogens is 342 g/mol. The first kappa shape index (κ1) is 13.7. The van der Waals surface area contributed by atoms with E-state index in [4.69, 9.17) is 14.2 Å². The monoisotopic (exact) mass is 351 g/mol. The molecule has 0 saturated heterocycles. The van der Waals surface area contributed by atoms with Crippen molar-refractivity contribution < 1.29 is 19.1 Å². The third-order valence-corrected chi connectivity index (χ3v) is 3.72. The molecule has 7 heteroatoms. The van der Waals surface area contributed by atoms with E-state index in [2.05, 4.69) is 15.9 Å². The molecule has 0 bridgehead atoms. The van der Waals surface area contributed by atoms with Gasteiger partial charge in [-0.25, -0.2) is 0 Å². The zero-order valence-electron chi connectivity index (χ0n) is 10.7. The van der Waals surface area contributed by atoms with Gasteiger partial charge in [-0.15, -0.1) is 0 Å². The molecule has 0 saturated carbocycles. The minimum atomic E-state index is -0.468. The fourth-order valence-electron chi connectivity index (χ4n) is 1.96. The predicted molar refractivity (Wildman–Crippen MR) is 77.7 cm³/mol. The van der Waals surface area contributed by atoms with Crippen molar-refractivity contribution in [1.29, 1.82) is 0 Å². The standard InChI is InChI=1S/C14H10BrNO5/c15-10-6-14-13(20-8-21-14)5-9(10)7-19-12-4-2-1-3-11(12)16(17)18/h1-6H,7-8H2. The molecule has 2 aromatic carbocycles. The van der Waals surface area contributed by atoms with Crippen molar-refractivity contribution in [2.75, 3.05) is 6.79 Å². The summed E-state index contributed by atoms with van der Waals surface area (Å²) in [6.45, 7) is 0.373. The smallest absolute Gasteiger partial charge is 0.310 e. The molecule has 21 heavy (non-hydrogen) atoms. The van der Waals surface area contributed by atoms with Crippen LogP contribution in [0, 0.1) is 10.1 Å². The highest BCUT2D eigenvalue weighted by Crippen LogP contribution is 2.37. The van der Waals surface area contributed by atoms with Crippen LogP contribution in [0.25, 0.3) is 0 Å². The number of ether oxygens (including phenoxy) is 3. The minimum absolute atomic E-state index is 0.0608. The highest BCUT2D eigenvalue weighted by atomic mass is 79.9. The molecule has 0 spiro atoms. The van der Waals surface area contributed by atoms with Crippen LogP contribution in [0.4, 0.5) is 5.69 Å². The topological polar surface area (TPSA) is 70.8 Å². The van der Waals surface area contributed by atoms with Crippen LogP contribution in [-0.2, 0) is 6.61 Å². The molecule has 0 unspecified atom stereocenters. The number of nitro benzene ring substituents is 1. The van der Waals surface area contributed by atoms with E-state index in [-0.39, 0.29) is 24.8 Å². The van der Waals surface area contributed by atoms with Gasteiger partial charge in [0, 0.05) is 16.1 Å². The van der Waals surface area contributed by atoms with Crippen LogP contribution in [-0.4, -0.2) is 11.7 Å². The summed E-state index contributed by atoms with van der Waals surface area (Å²) in [5.41, 5.74) is 0.756. The number of rotatable bonds is 4. The number of fused-ring (bicyclic) bond motifs is 1. The molecular formula is C14H10BrNO5. The first-order valence-electron chi connectivity index (χ1n) is 6.09. The molecule has 0 fully saturated rings. The lowest BCUT2D eigenvalue weighted by Crippen LogP contribution is -1.99. The summed E-state index contributed by atoms with van der Waals surface area (Å²) in [5, 5.41) is 10.9. The fraction of sp³-hybridized carbons (Fsp3) is 0.143. The molecule has 0 N–H and O–H groups in total. The van der Waals surface area contributed by atoms with E-state index in [0.29, 0.717) is 11.5 Å². The summed E-state index contributed by atoms with van der Waals surface area (Å²) in [4.78, 5) is 10.5. The summed E-state index contributed by atoms with van der Waals surface area (Å²) in [6.07, 6.45) is 0. The SMILES string of the molecule is O=[N+]([O-])c1ccccc1OCc1cc2c(cc1Br)OCO2. The highest BCUT2D eigenvalue weighted by Gasteiger charge is 2.18. The quantitative estimate of drug-likeness (QED) is 0.620. The minimum Gasteiger partial charge on any atom is -0.482 e. The first-order chi connectivity index (χ1) is 10.1. The summed E-state index contributed by atoms with van der Waals surface area (Å²) in [5.74, 6) is 1.53. The molecule has 6 nitrogen and oxygen atoms in total. The Labute approximate surface area is 128 Å². The molecule has 1 aliphatic rings. The van der Waals surface area contributed by atoms with E-state index in [1.54, 1.807) is 30.3 Å². The highest BCUT2D eigenvalue weighted by molar-refractivity contribution is 9.10. The van der Waals surface area contributed by atoms with E-state index in [0.717, 1.165) is 10.0 Å². The number of para-hydroxylation sites is 2. The maximum atomic E-state index is 10.9. The van der Waals surface area contributed by atoms with Crippen LogP contribution in [0.3, 0.4) is 0 Å². The van der Waals surface area contributed by atoms with Crippen LogP contribution in [0.5, 0.6) is 17.2 Å². The average molecular weight is 352 g/mol. The van der Waals surface area contributed by atoms with E-state index in [1.165, 1.54) is 6.07 Å². The Balaban J connectivity index is 1.81. The second-order valence-corrected chi connectivity index (χ2v) is 5.16. The molecule has 1 aliphatic heterocycles. The number of nitrogens with zero attached hydrogens (tertiary/aromatic N) is 1. The second kappa shape index (κ2) is 5.61. The number of halogens is 1. The van der Waals surface area contributed by atoms with Gasteiger partial charge < -0.3 is 14.2 Å². The van der Waals surface area contributed by atoms with Crippen molar-refractivity contribution >= 4 is 21.6 Å². The van der Waals surface area contributed by atoms with Crippen molar-refractivity contribution in [3.8, 4) is 17.2 Å². The predicted octanol–water partition coefficient (Wildman–Crippen LogP) is 3.67. The summed E-state index contributed by atoms with van der Waals surface area (Å²) >= 11 is 3.42. The Morgan fingerprint density at radius 2 is 1.95 bits per heavy atom. The third-order valence-electron chi connectivity index (χ3n) is 2.99. The van der Waals surface area contributed by atoms with Gasteiger partial charge >= 0.3 is 5.69 Å². The van der Waals surface area contributed by atoms with Gasteiger partial charge in [-0.3, -0.25) is 10.1 Å². The maximum Gasteiger partial charge on any atom is 0.310 e. The van der Waals surface area contributed by atoms with Gasteiger partial charge in [0.1, 0.15) is 6.61 Å². The van der Waals surface area contributed by atoms with Gasteiger partial charge in [-0.2, -0.15) is 0 Å². The Kier molecular flexibility index (Phi) is 3.66. The average Bonchev–Trinajstić information content (AvgIpc) is 2.92. The molecule has 0 atom stereocenters. The second-order valence-electron chi connectivity index (χ2n) is 4.31. The number of hydrogen-bond acceptors (Lipinski definition) is 5. The zero-order chi connectivity index (χ0) is 14.8. The lowest BCUT2D eigenvalue weighted by Gasteiger charge is -2.09. The van der Waals surface area contributed by atoms with E-state index < -0.39 is 4.92 Å². The van der Waals surface area contributed by atoms with Gasteiger partial charge in [0.15, 0.2) is 17.2 Å². The molecule has 0 aromatic heterocycles. The van der Waals surface area contributed by atoms with E-state index in [1.807, 2.05) is 0 Å². The Hall–Kier alpha value is -2.28. The molecule has 108 valence electrons. The van der Waals surface area contributed by atoms with Gasteiger partial charge in [-0.05, 0) is 18.2 Å². The normalized spacial score (nSPS) is 12.2. The van der Waals surface area contributed by atoms with Crippen molar-refractivity contribution in [3.63, 3.8) is 0 Å².